The van der Waals surface area contributed by atoms with Crippen LogP contribution >= 0.6 is 0 Å². The molecule has 0 aromatic heterocycles. The molecular weight excluding hydrogens is 206 g/mol. The monoisotopic (exact) mass is 221 g/mol. The topological polar surface area (TPSA) is 72.5 Å². The van der Waals surface area contributed by atoms with Crippen LogP contribution in [0.25, 0.3) is 0 Å². The van der Waals surface area contributed by atoms with E-state index in [4.69, 9.17) is 10.5 Å². The predicted molar refractivity (Wildman–Crippen MR) is 59.5 cm³/mol. The summed E-state index contributed by atoms with van der Waals surface area (Å²) < 4.78 is 5.66. The summed E-state index contributed by atoms with van der Waals surface area (Å²) in [6.45, 7) is 3.57. The number of nitrogens with two attached hydrogens (primary N) is 1. The van der Waals surface area contributed by atoms with Crippen molar-refractivity contribution in [2.75, 3.05) is 0 Å². The van der Waals surface area contributed by atoms with Crippen molar-refractivity contribution < 1.29 is 14.6 Å². The number of hydrogen-bond acceptors (Lipinski definition) is 4. The van der Waals surface area contributed by atoms with Gasteiger partial charge in [0.25, 0.3) is 0 Å². The largest absolute Gasteiger partial charge is 0.485 e. The highest BCUT2D eigenvalue weighted by Crippen LogP contribution is 2.38. The number of aldehydes is 1. The molecule has 86 valence electrons. The molecule has 1 aromatic carbocycles. The molecule has 4 nitrogen and oxygen atoms in total. The third kappa shape index (κ3) is 1.60. The van der Waals surface area contributed by atoms with Crippen LogP contribution in [0.3, 0.4) is 0 Å². The zero-order valence-corrected chi connectivity index (χ0v) is 9.31. The van der Waals surface area contributed by atoms with E-state index in [0.717, 1.165) is 6.29 Å². The molecule has 0 saturated heterocycles. The Morgan fingerprint density at radius 3 is 2.81 bits per heavy atom. The Morgan fingerprint density at radius 1 is 1.50 bits per heavy atom. The van der Waals surface area contributed by atoms with Gasteiger partial charge in [0.2, 0.25) is 0 Å². The average Bonchev–Trinajstić information content (AvgIpc) is 2.25. The lowest BCUT2D eigenvalue weighted by Gasteiger charge is -2.40. The lowest BCUT2D eigenvalue weighted by molar-refractivity contribution is -0.0571. The summed E-state index contributed by atoms with van der Waals surface area (Å²) in [5.41, 5.74) is 6.44. The van der Waals surface area contributed by atoms with Crippen LogP contribution in [-0.2, 0) is 0 Å². The van der Waals surface area contributed by atoms with Crippen LogP contribution in [0.1, 0.15) is 35.8 Å². The number of benzene rings is 1. The first-order valence-electron chi connectivity index (χ1n) is 5.17. The Hall–Kier alpha value is -1.39. The summed E-state index contributed by atoms with van der Waals surface area (Å²) in [5, 5.41) is 9.98. The molecule has 0 fully saturated rings. The van der Waals surface area contributed by atoms with Crippen molar-refractivity contribution in [3.05, 3.63) is 29.3 Å². The van der Waals surface area contributed by atoms with Gasteiger partial charge in [-0.05, 0) is 32.0 Å². The molecule has 2 atom stereocenters. The second-order valence-corrected chi connectivity index (χ2v) is 4.59. The van der Waals surface area contributed by atoms with E-state index in [9.17, 15) is 9.90 Å². The molecule has 1 aromatic rings. The normalized spacial score (nSPS) is 26.8. The predicted octanol–water partition coefficient (Wildman–Crippen LogP) is 1.03. The number of carbonyl (C=O) groups is 1. The fourth-order valence-corrected chi connectivity index (χ4v) is 1.94. The van der Waals surface area contributed by atoms with Crippen LogP contribution in [-0.4, -0.2) is 23.1 Å². The molecule has 1 aliphatic heterocycles. The molecule has 0 radical (unpaired) electrons. The molecule has 0 bridgehead atoms. The van der Waals surface area contributed by atoms with Crippen molar-refractivity contribution in [3.8, 4) is 5.75 Å². The van der Waals surface area contributed by atoms with E-state index in [2.05, 4.69) is 0 Å². The van der Waals surface area contributed by atoms with Gasteiger partial charge in [0.05, 0.1) is 6.04 Å². The maximum atomic E-state index is 10.7. The number of fused-ring (bicyclic) bond motifs is 1. The Kier molecular flexibility index (Phi) is 2.48. The minimum absolute atomic E-state index is 0.529. The van der Waals surface area contributed by atoms with E-state index < -0.39 is 17.7 Å². The molecule has 0 saturated carbocycles. The third-order valence-corrected chi connectivity index (χ3v) is 2.95. The molecule has 1 aliphatic rings. The Bertz CT molecular complexity index is 428. The first kappa shape index (κ1) is 11.1. The van der Waals surface area contributed by atoms with Gasteiger partial charge in [-0.15, -0.1) is 0 Å². The number of ether oxygens (including phenoxy) is 1. The van der Waals surface area contributed by atoms with E-state index in [1.165, 1.54) is 0 Å². The summed E-state index contributed by atoms with van der Waals surface area (Å²) in [6, 6.07) is 4.52. The summed E-state index contributed by atoms with van der Waals surface area (Å²) in [4.78, 5) is 10.7. The summed E-state index contributed by atoms with van der Waals surface area (Å²) >= 11 is 0. The highest BCUT2D eigenvalue weighted by molar-refractivity contribution is 5.75. The number of aliphatic hydroxyl groups is 1. The maximum absolute atomic E-state index is 10.7. The number of carbonyl (C=O) groups excluding carboxylic acids is 1. The van der Waals surface area contributed by atoms with Crippen LogP contribution in [0.2, 0.25) is 0 Å². The quantitative estimate of drug-likeness (QED) is 0.695. The fraction of sp³-hybridized carbons (Fsp3) is 0.417. The van der Waals surface area contributed by atoms with E-state index in [1.54, 1.807) is 32.0 Å². The minimum Gasteiger partial charge on any atom is -0.485 e. The molecule has 0 aliphatic carbocycles. The molecule has 2 rings (SSSR count). The van der Waals surface area contributed by atoms with Crippen LogP contribution in [0, 0.1) is 0 Å². The van der Waals surface area contributed by atoms with Gasteiger partial charge < -0.3 is 15.6 Å². The van der Waals surface area contributed by atoms with E-state index in [-0.39, 0.29) is 0 Å². The number of rotatable bonds is 1. The first-order valence-corrected chi connectivity index (χ1v) is 5.17. The summed E-state index contributed by atoms with van der Waals surface area (Å²) in [6.07, 6.45) is -0.0408. The van der Waals surface area contributed by atoms with Crippen molar-refractivity contribution in [1.29, 1.82) is 0 Å². The molecule has 1 heterocycles. The zero-order chi connectivity index (χ0) is 11.9. The van der Waals surface area contributed by atoms with Gasteiger partial charge in [0, 0.05) is 11.1 Å². The lowest BCUT2D eigenvalue weighted by atomic mass is 9.86. The Labute approximate surface area is 94.0 Å². The molecule has 0 amide bonds. The second-order valence-electron chi connectivity index (χ2n) is 4.59. The minimum atomic E-state index is -0.790. The number of aliphatic hydroxyl groups excluding tert-OH is 1. The van der Waals surface area contributed by atoms with E-state index in [1.807, 2.05) is 0 Å². The van der Waals surface area contributed by atoms with Gasteiger partial charge in [-0.3, -0.25) is 4.79 Å². The van der Waals surface area contributed by atoms with Gasteiger partial charge >= 0.3 is 0 Å². The van der Waals surface area contributed by atoms with Crippen molar-refractivity contribution in [2.24, 2.45) is 5.73 Å². The van der Waals surface area contributed by atoms with Gasteiger partial charge in [-0.25, -0.2) is 0 Å². The SMILES string of the molecule is CC1(C)Oc2ccc(C=O)cc2[C@H](N)[C@H]1O. The van der Waals surface area contributed by atoms with E-state index in [0.29, 0.717) is 16.9 Å². The molecule has 4 heteroatoms. The fourth-order valence-electron chi connectivity index (χ4n) is 1.94. The zero-order valence-electron chi connectivity index (χ0n) is 9.31. The van der Waals surface area contributed by atoms with Crippen LogP contribution < -0.4 is 10.5 Å². The second kappa shape index (κ2) is 3.57. The van der Waals surface area contributed by atoms with Gasteiger partial charge in [0.15, 0.2) is 0 Å². The Morgan fingerprint density at radius 2 is 2.19 bits per heavy atom. The van der Waals surface area contributed by atoms with E-state index >= 15 is 0 Å². The van der Waals surface area contributed by atoms with Gasteiger partial charge in [0.1, 0.15) is 23.7 Å². The van der Waals surface area contributed by atoms with Crippen molar-refractivity contribution in [1.82, 2.24) is 0 Å². The maximum Gasteiger partial charge on any atom is 0.150 e. The van der Waals surface area contributed by atoms with Gasteiger partial charge in [-0.2, -0.15) is 0 Å². The highest BCUT2D eigenvalue weighted by atomic mass is 16.5. The molecule has 16 heavy (non-hydrogen) atoms. The molecular formula is C12H15NO3. The smallest absolute Gasteiger partial charge is 0.150 e. The van der Waals surface area contributed by atoms with Crippen LogP contribution in [0.5, 0.6) is 5.75 Å². The standard InChI is InChI=1S/C12H15NO3/c1-12(2)11(15)10(13)8-5-7(6-14)3-4-9(8)16-12/h3-6,10-11,15H,13H2,1-2H3/t10-,11+/m0/s1. The lowest BCUT2D eigenvalue weighted by Crippen LogP contribution is -2.51. The molecule has 0 spiro atoms. The summed E-state index contributed by atoms with van der Waals surface area (Å²) in [7, 11) is 0. The highest BCUT2D eigenvalue weighted by Gasteiger charge is 2.41. The first-order chi connectivity index (χ1) is 7.45. The van der Waals surface area contributed by atoms with Gasteiger partial charge in [-0.1, -0.05) is 0 Å². The summed E-state index contributed by atoms with van der Waals surface area (Å²) in [5.74, 6) is 0.633. The third-order valence-electron chi connectivity index (χ3n) is 2.95. The van der Waals surface area contributed by atoms with Crippen LogP contribution in [0.15, 0.2) is 18.2 Å². The van der Waals surface area contributed by atoms with Crippen molar-refractivity contribution in [3.63, 3.8) is 0 Å². The Balaban J connectivity index is 2.50. The van der Waals surface area contributed by atoms with Crippen molar-refractivity contribution >= 4 is 6.29 Å². The number of hydrogen-bond donors (Lipinski definition) is 2. The molecule has 0 unspecified atom stereocenters. The van der Waals surface area contributed by atoms with Crippen LogP contribution in [0.4, 0.5) is 0 Å². The molecule has 3 N–H and O–H groups in total. The average molecular weight is 221 g/mol. The van der Waals surface area contributed by atoms with Crippen molar-refractivity contribution in [2.45, 2.75) is 31.6 Å².